The summed E-state index contributed by atoms with van der Waals surface area (Å²) in [6, 6.07) is -0.483. The molecule has 116 valence electrons. The van der Waals surface area contributed by atoms with Crippen LogP contribution in [-0.4, -0.2) is 44.5 Å². The van der Waals surface area contributed by atoms with Crippen molar-refractivity contribution in [1.82, 2.24) is 4.90 Å². The van der Waals surface area contributed by atoms with Gasteiger partial charge in [0.2, 0.25) is 0 Å². The Hall–Kier alpha value is -1.04. The van der Waals surface area contributed by atoms with Crippen LogP contribution in [0, 0.1) is 0 Å². The maximum atomic E-state index is 12.4. The second kappa shape index (κ2) is 6.16. The molecule has 20 heavy (non-hydrogen) atoms. The number of carbonyl (C=O) groups is 2. The van der Waals surface area contributed by atoms with Gasteiger partial charge in [-0.2, -0.15) is 0 Å². The molecular formula is C14H27NO4Si. The van der Waals surface area contributed by atoms with Gasteiger partial charge in [0.15, 0.2) is 0 Å². The highest BCUT2D eigenvalue weighted by Gasteiger charge is 2.44. The number of ether oxygens (including phenoxy) is 1. The van der Waals surface area contributed by atoms with E-state index in [1.165, 1.54) is 4.90 Å². The molecule has 0 aromatic carbocycles. The molecule has 0 aromatic rings. The van der Waals surface area contributed by atoms with Crippen LogP contribution in [0.25, 0.3) is 0 Å². The molecule has 1 aliphatic rings. The summed E-state index contributed by atoms with van der Waals surface area (Å²) in [7, 11) is -2.15. The summed E-state index contributed by atoms with van der Waals surface area (Å²) >= 11 is 0. The second-order valence-electron chi connectivity index (χ2n) is 6.73. The molecule has 0 aromatic heterocycles. The Labute approximate surface area is 122 Å². The van der Waals surface area contributed by atoms with E-state index in [-0.39, 0.29) is 11.0 Å². The van der Waals surface area contributed by atoms with Crippen molar-refractivity contribution in [3.05, 3.63) is 0 Å². The van der Waals surface area contributed by atoms with Gasteiger partial charge in [0.05, 0.1) is 6.61 Å². The Morgan fingerprint density at radius 1 is 1.30 bits per heavy atom. The molecule has 0 radical (unpaired) electrons. The summed E-state index contributed by atoms with van der Waals surface area (Å²) in [5, 5.41) is -0.0317. The number of hydrogen-bond donors (Lipinski definition) is 0. The fraction of sp³-hybridized carbons (Fsp3) is 0.857. The molecule has 1 fully saturated rings. The van der Waals surface area contributed by atoms with Crippen molar-refractivity contribution in [3.63, 3.8) is 0 Å². The van der Waals surface area contributed by atoms with Gasteiger partial charge in [-0.1, -0.05) is 20.8 Å². The first-order chi connectivity index (χ1) is 9.10. The number of hydrogen-bond acceptors (Lipinski definition) is 4. The molecule has 6 heteroatoms. The van der Waals surface area contributed by atoms with Crippen molar-refractivity contribution in [2.45, 2.75) is 64.7 Å². The third-order valence-electron chi connectivity index (χ3n) is 4.19. The average Bonchev–Trinajstić information content (AvgIpc) is 2.75. The van der Waals surface area contributed by atoms with Crippen molar-refractivity contribution in [2.24, 2.45) is 0 Å². The van der Waals surface area contributed by atoms with E-state index < -0.39 is 20.5 Å². The molecular weight excluding hydrogens is 274 g/mol. The first-order valence-electron chi connectivity index (χ1n) is 7.26. The van der Waals surface area contributed by atoms with Gasteiger partial charge in [0, 0.05) is 6.54 Å². The molecule has 5 nitrogen and oxygen atoms in total. The average molecular weight is 301 g/mol. The summed E-state index contributed by atoms with van der Waals surface area (Å²) < 4.78 is 10.8. The van der Waals surface area contributed by atoms with Crippen molar-refractivity contribution < 1.29 is 18.8 Å². The van der Waals surface area contributed by atoms with E-state index >= 15 is 0 Å². The van der Waals surface area contributed by atoms with Crippen LogP contribution in [0.15, 0.2) is 0 Å². The quantitative estimate of drug-likeness (QED) is 0.751. The van der Waals surface area contributed by atoms with Crippen LogP contribution in [0.2, 0.25) is 18.1 Å². The third-order valence-corrected chi connectivity index (χ3v) is 8.51. The predicted octanol–water partition coefficient (Wildman–Crippen LogP) is 3.16. The van der Waals surface area contributed by atoms with Gasteiger partial charge in [-0.25, -0.2) is 4.79 Å². The van der Waals surface area contributed by atoms with E-state index in [4.69, 9.17) is 9.16 Å². The highest BCUT2D eigenvalue weighted by molar-refractivity contribution is 6.75. The lowest BCUT2D eigenvalue weighted by Gasteiger charge is -2.37. The van der Waals surface area contributed by atoms with Crippen molar-refractivity contribution in [3.8, 4) is 0 Å². The molecule has 1 unspecified atom stereocenters. The zero-order chi connectivity index (χ0) is 15.6. The van der Waals surface area contributed by atoms with Crippen LogP contribution in [0.5, 0.6) is 0 Å². The Balaban J connectivity index is 2.74. The molecule has 0 aliphatic carbocycles. The largest absolute Gasteiger partial charge is 0.518 e. The molecule has 1 rings (SSSR count). The predicted molar refractivity (Wildman–Crippen MR) is 80.0 cm³/mol. The normalized spacial score (nSPS) is 19.9. The maximum Gasteiger partial charge on any atom is 0.410 e. The molecule has 1 aliphatic heterocycles. The summed E-state index contributed by atoms with van der Waals surface area (Å²) in [4.78, 5) is 25.7. The molecule has 1 amide bonds. The number of nitrogens with zero attached hydrogens (tertiary/aromatic N) is 1. The van der Waals surface area contributed by atoms with Gasteiger partial charge < -0.3 is 9.16 Å². The Morgan fingerprint density at radius 3 is 2.40 bits per heavy atom. The second-order valence-corrected chi connectivity index (χ2v) is 11.5. The fourth-order valence-corrected chi connectivity index (χ4v) is 2.85. The van der Waals surface area contributed by atoms with Gasteiger partial charge in [0.1, 0.15) is 6.04 Å². The lowest BCUT2D eigenvalue weighted by atomic mass is 10.2. The minimum absolute atomic E-state index is 0.0317. The van der Waals surface area contributed by atoms with Crippen molar-refractivity contribution in [1.29, 1.82) is 0 Å². The van der Waals surface area contributed by atoms with E-state index in [1.807, 2.05) is 13.1 Å². The fourth-order valence-electron chi connectivity index (χ4n) is 1.91. The van der Waals surface area contributed by atoms with Crippen LogP contribution in [0.3, 0.4) is 0 Å². The summed E-state index contributed by atoms with van der Waals surface area (Å²) in [5.74, 6) is -0.276. The SMILES string of the molecule is CCOC(=O)N1CCCC1C(=O)O[Si](C)(C)C(C)(C)C. The van der Waals surface area contributed by atoms with E-state index in [9.17, 15) is 9.59 Å². The molecule has 1 atom stereocenters. The zero-order valence-electron chi connectivity index (χ0n) is 13.5. The number of likely N-dealkylation sites (tertiary alicyclic amines) is 1. The minimum Gasteiger partial charge on any atom is -0.518 e. The summed E-state index contributed by atoms with van der Waals surface area (Å²) in [6.07, 6.45) is 1.06. The standard InChI is InChI=1S/C14H27NO4Si/c1-7-18-13(17)15-10-8-9-11(15)12(16)19-20(5,6)14(2,3)4/h11H,7-10H2,1-6H3. The lowest BCUT2D eigenvalue weighted by Crippen LogP contribution is -2.49. The molecule has 0 N–H and O–H groups in total. The summed E-state index contributed by atoms with van der Waals surface area (Å²) in [6.45, 7) is 13.0. The minimum atomic E-state index is -2.15. The highest BCUT2D eigenvalue weighted by atomic mass is 28.4. The van der Waals surface area contributed by atoms with Crippen LogP contribution >= 0.6 is 0 Å². The monoisotopic (exact) mass is 301 g/mol. The van der Waals surface area contributed by atoms with E-state index in [0.29, 0.717) is 19.6 Å². The van der Waals surface area contributed by atoms with E-state index in [0.717, 1.165) is 6.42 Å². The topological polar surface area (TPSA) is 55.8 Å². The van der Waals surface area contributed by atoms with Gasteiger partial charge in [-0.05, 0) is 37.9 Å². The maximum absolute atomic E-state index is 12.4. The molecule has 1 heterocycles. The van der Waals surface area contributed by atoms with Gasteiger partial charge >= 0.3 is 12.1 Å². The molecule has 1 saturated heterocycles. The Kier molecular flexibility index (Phi) is 5.24. The first-order valence-corrected chi connectivity index (χ1v) is 10.2. The van der Waals surface area contributed by atoms with Crippen LogP contribution in [0.1, 0.15) is 40.5 Å². The lowest BCUT2D eigenvalue weighted by molar-refractivity contribution is -0.140. The number of carbonyl (C=O) groups excluding carboxylic acids is 2. The Morgan fingerprint density at radius 2 is 1.90 bits per heavy atom. The highest BCUT2D eigenvalue weighted by Crippen LogP contribution is 2.37. The zero-order valence-corrected chi connectivity index (χ0v) is 14.5. The van der Waals surface area contributed by atoms with E-state index in [2.05, 4.69) is 20.8 Å². The van der Waals surface area contributed by atoms with Crippen LogP contribution in [0.4, 0.5) is 4.79 Å². The molecule has 0 bridgehead atoms. The van der Waals surface area contributed by atoms with Crippen LogP contribution < -0.4 is 0 Å². The van der Waals surface area contributed by atoms with Gasteiger partial charge in [0.25, 0.3) is 8.32 Å². The molecule has 0 saturated carbocycles. The number of rotatable bonds is 3. The van der Waals surface area contributed by atoms with Crippen LogP contribution in [-0.2, 0) is 14.0 Å². The van der Waals surface area contributed by atoms with Gasteiger partial charge in [-0.15, -0.1) is 0 Å². The third kappa shape index (κ3) is 3.74. The first kappa shape index (κ1) is 17.0. The summed E-state index contributed by atoms with van der Waals surface area (Å²) in [5.41, 5.74) is 0. The van der Waals surface area contributed by atoms with Crippen molar-refractivity contribution in [2.75, 3.05) is 13.2 Å². The smallest absolute Gasteiger partial charge is 0.410 e. The molecule has 0 spiro atoms. The Bertz CT molecular complexity index is 376. The van der Waals surface area contributed by atoms with E-state index in [1.54, 1.807) is 6.92 Å². The van der Waals surface area contributed by atoms with Crippen molar-refractivity contribution >= 4 is 20.4 Å². The van der Waals surface area contributed by atoms with Gasteiger partial charge in [-0.3, -0.25) is 9.69 Å². The number of amides is 1.